The molecule has 0 aromatic heterocycles. The van der Waals surface area contributed by atoms with Crippen molar-refractivity contribution < 1.29 is 4.79 Å². The minimum Gasteiger partial charge on any atom is -0.331 e. The van der Waals surface area contributed by atoms with Crippen molar-refractivity contribution in [1.82, 2.24) is 4.90 Å². The van der Waals surface area contributed by atoms with Crippen LogP contribution in [0.5, 0.6) is 0 Å². The Balaban J connectivity index is 2.18. The molecule has 0 aliphatic carbocycles. The third-order valence-corrected chi connectivity index (χ3v) is 2.67. The molecule has 2 rings (SSSR count). The van der Waals surface area contributed by atoms with Crippen LogP contribution in [0.1, 0.15) is 10.4 Å². The number of hydrogen-bond donors (Lipinski definition) is 0. The third kappa shape index (κ3) is 1.87. The minimum absolute atomic E-state index is 0.0938. The van der Waals surface area contributed by atoms with Crippen LogP contribution in [0.3, 0.4) is 0 Å². The maximum Gasteiger partial charge on any atom is 0.254 e. The normalized spacial score (nSPS) is 14.8. The summed E-state index contributed by atoms with van der Waals surface area (Å²) in [5.74, 6) is 0.0938. The standard InChI is InChI=1S/C11H10BrNO/c12-10-5-3-4-9(8-10)11(14)13-6-1-2-7-13/h1-5,8H,6-7H2. The van der Waals surface area contributed by atoms with E-state index < -0.39 is 0 Å². The number of carbonyl (C=O) groups is 1. The van der Waals surface area contributed by atoms with Gasteiger partial charge in [-0.05, 0) is 18.2 Å². The fraction of sp³-hybridized carbons (Fsp3) is 0.182. The highest BCUT2D eigenvalue weighted by molar-refractivity contribution is 9.10. The van der Waals surface area contributed by atoms with Crippen molar-refractivity contribution in [3.8, 4) is 0 Å². The van der Waals surface area contributed by atoms with Gasteiger partial charge in [-0.2, -0.15) is 0 Å². The highest BCUT2D eigenvalue weighted by atomic mass is 79.9. The summed E-state index contributed by atoms with van der Waals surface area (Å²) < 4.78 is 0.940. The summed E-state index contributed by atoms with van der Waals surface area (Å²) in [4.78, 5) is 13.7. The van der Waals surface area contributed by atoms with Crippen LogP contribution in [-0.4, -0.2) is 23.9 Å². The molecule has 0 saturated heterocycles. The first kappa shape index (κ1) is 9.46. The van der Waals surface area contributed by atoms with E-state index in [1.165, 1.54) is 0 Å². The summed E-state index contributed by atoms with van der Waals surface area (Å²) in [7, 11) is 0. The van der Waals surface area contributed by atoms with Gasteiger partial charge in [0.25, 0.3) is 5.91 Å². The van der Waals surface area contributed by atoms with Crippen LogP contribution in [0.2, 0.25) is 0 Å². The number of halogens is 1. The quantitative estimate of drug-likeness (QED) is 0.703. The molecular formula is C11H10BrNO. The van der Waals surface area contributed by atoms with Gasteiger partial charge in [0, 0.05) is 23.1 Å². The summed E-state index contributed by atoms with van der Waals surface area (Å²) in [5.41, 5.74) is 0.739. The van der Waals surface area contributed by atoms with E-state index >= 15 is 0 Å². The van der Waals surface area contributed by atoms with Gasteiger partial charge in [0.2, 0.25) is 0 Å². The number of nitrogens with zero attached hydrogens (tertiary/aromatic N) is 1. The zero-order valence-electron chi connectivity index (χ0n) is 7.61. The molecule has 0 bridgehead atoms. The minimum atomic E-state index is 0.0938. The van der Waals surface area contributed by atoms with Crippen molar-refractivity contribution in [3.63, 3.8) is 0 Å². The highest BCUT2D eigenvalue weighted by Crippen LogP contribution is 2.14. The van der Waals surface area contributed by atoms with E-state index in [-0.39, 0.29) is 5.91 Å². The third-order valence-electron chi connectivity index (χ3n) is 2.18. The lowest BCUT2D eigenvalue weighted by atomic mass is 10.2. The Morgan fingerprint density at radius 3 is 2.64 bits per heavy atom. The lowest BCUT2D eigenvalue weighted by molar-refractivity contribution is 0.0800. The number of amides is 1. The van der Waals surface area contributed by atoms with Gasteiger partial charge < -0.3 is 4.90 Å². The smallest absolute Gasteiger partial charge is 0.254 e. The molecular weight excluding hydrogens is 242 g/mol. The maximum absolute atomic E-state index is 11.9. The predicted octanol–water partition coefficient (Wildman–Crippen LogP) is 2.46. The molecule has 0 saturated carbocycles. The van der Waals surface area contributed by atoms with Gasteiger partial charge in [0.05, 0.1) is 0 Å². The van der Waals surface area contributed by atoms with Crippen molar-refractivity contribution in [2.24, 2.45) is 0 Å². The molecule has 1 aliphatic heterocycles. The summed E-state index contributed by atoms with van der Waals surface area (Å²) >= 11 is 3.35. The zero-order valence-corrected chi connectivity index (χ0v) is 9.20. The molecule has 1 heterocycles. The average molecular weight is 252 g/mol. The Morgan fingerprint density at radius 2 is 2.00 bits per heavy atom. The monoisotopic (exact) mass is 251 g/mol. The Hall–Kier alpha value is -1.09. The van der Waals surface area contributed by atoms with E-state index in [4.69, 9.17) is 0 Å². The van der Waals surface area contributed by atoms with E-state index in [2.05, 4.69) is 15.9 Å². The van der Waals surface area contributed by atoms with Crippen LogP contribution in [0, 0.1) is 0 Å². The molecule has 1 aromatic rings. The highest BCUT2D eigenvalue weighted by Gasteiger charge is 2.15. The Bertz CT molecular complexity index is 379. The molecule has 2 nitrogen and oxygen atoms in total. The number of carbonyl (C=O) groups excluding carboxylic acids is 1. The van der Waals surface area contributed by atoms with Crippen LogP contribution >= 0.6 is 15.9 Å². The Kier molecular flexibility index (Phi) is 2.68. The molecule has 0 unspecified atom stereocenters. The lowest BCUT2D eigenvalue weighted by Crippen LogP contribution is -2.28. The van der Waals surface area contributed by atoms with Crippen LogP contribution in [0.25, 0.3) is 0 Å². The maximum atomic E-state index is 11.9. The van der Waals surface area contributed by atoms with Crippen molar-refractivity contribution >= 4 is 21.8 Å². The van der Waals surface area contributed by atoms with E-state index in [1.54, 1.807) is 0 Å². The summed E-state index contributed by atoms with van der Waals surface area (Å²) in [6, 6.07) is 7.48. The number of benzene rings is 1. The van der Waals surface area contributed by atoms with Crippen molar-refractivity contribution in [1.29, 1.82) is 0 Å². The molecule has 0 radical (unpaired) electrons. The van der Waals surface area contributed by atoms with Gasteiger partial charge in [-0.3, -0.25) is 4.79 Å². The second-order valence-corrected chi connectivity index (χ2v) is 4.11. The predicted molar refractivity (Wildman–Crippen MR) is 59.2 cm³/mol. The fourth-order valence-corrected chi connectivity index (χ4v) is 1.85. The van der Waals surface area contributed by atoms with E-state index in [9.17, 15) is 4.79 Å². The zero-order chi connectivity index (χ0) is 9.97. The molecule has 72 valence electrons. The second kappa shape index (κ2) is 3.96. The summed E-state index contributed by atoms with van der Waals surface area (Å²) in [5, 5.41) is 0. The van der Waals surface area contributed by atoms with Crippen LogP contribution in [0.4, 0.5) is 0 Å². The summed E-state index contributed by atoms with van der Waals surface area (Å²) in [6.45, 7) is 1.46. The second-order valence-electron chi connectivity index (χ2n) is 3.19. The molecule has 0 spiro atoms. The topological polar surface area (TPSA) is 20.3 Å². The lowest BCUT2D eigenvalue weighted by Gasteiger charge is -2.15. The van der Waals surface area contributed by atoms with E-state index in [0.29, 0.717) is 0 Å². The molecule has 1 aliphatic rings. The van der Waals surface area contributed by atoms with Gasteiger partial charge in [0.1, 0.15) is 0 Å². The molecule has 14 heavy (non-hydrogen) atoms. The van der Waals surface area contributed by atoms with E-state index in [0.717, 1.165) is 23.1 Å². The largest absolute Gasteiger partial charge is 0.331 e. The first-order chi connectivity index (χ1) is 6.77. The van der Waals surface area contributed by atoms with E-state index in [1.807, 2.05) is 41.3 Å². The number of hydrogen-bond acceptors (Lipinski definition) is 1. The molecule has 1 aromatic carbocycles. The first-order valence-corrected chi connectivity index (χ1v) is 5.26. The first-order valence-electron chi connectivity index (χ1n) is 4.47. The van der Waals surface area contributed by atoms with Crippen LogP contribution < -0.4 is 0 Å². The van der Waals surface area contributed by atoms with Crippen molar-refractivity contribution in [2.45, 2.75) is 0 Å². The van der Waals surface area contributed by atoms with Gasteiger partial charge in [0.15, 0.2) is 0 Å². The molecule has 3 heteroatoms. The number of rotatable bonds is 1. The van der Waals surface area contributed by atoms with Gasteiger partial charge in [-0.25, -0.2) is 0 Å². The molecule has 0 N–H and O–H groups in total. The molecule has 0 atom stereocenters. The van der Waals surface area contributed by atoms with Crippen LogP contribution in [0.15, 0.2) is 40.9 Å². The van der Waals surface area contributed by atoms with Gasteiger partial charge >= 0.3 is 0 Å². The fourth-order valence-electron chi connectivity index (χ4n) is 1.45. The average Bonchev–Trinajstić information content (AvgIpc) is 2.69. The van der Waals surface area contributed by atoms with Crippen LogP contribution in [-0.2, 0) is 0 Å². The Labute approximate surface area is 91.3 Å². The SMILES string of the molecule is O=C(c1cccc(Br)c1)N1CC=CC1. The van der Waals surface area contributed by atoms with Crippen molar-refractivity contribution in [3.05, 3.63) is 46.5 Å². The van der Waals surface area contributed by atoms with Crippen molar-refractivity contribution in [2.75, 3.05) is 13.1 Å². The molecule has 1 amide bonds. The Morgan fingerprint density at radius 1 is 1.29 bits per heavy atom. The van der Waals surface area contributed by atoms with Gasteiger partial charge in [-0.15, -0.1) is 0 Å². The summed E-state index contributed by atoms with van der Waals surface area (Å²) in [6.07, 6.45) is 4.02. The van der Waals surface area contributed by atoms with Gasteiger partial charge in [-0.1, -0.05) is 34.1 Å². The molecule has 0 fully saturated rings.